The molecule has 2 aromatic rings. The summed E-state index contributed by atoms with van der Waals surface area (Å²) in [5.74, 6) is 0.798. The van der Waals surface area contributed by atoms with Gasteiger partial charge in [0.25, 0.3) is 0 Å². The predicted octanol–water partition coefficient (Wildman–Crippen LogP) is 5.53. The van der Waals surface area contributed by atoms with E-state index in [1.165, 1.54) is 0 Å². The zero-order valence-corrected chi connectivity index (χ0v) is 16.3. The molecule has 2 aromatic carbocycles. The summed E-state index contributed by atoms with van der Waals surface area (Å²) in [6, 6.07) is 12.1. The van der Waals surface area contributed by atoms with Gasteiger partial charge in [0.2, 0.25) is 5.91 Å². The van der Waals surface area contributed by atoms with Gasteiger partial charge < -0.3 is 10.1 Å². The molecule has 134 valence electrons. The van der Waals surface area contributed by atoms with Gasteiger partial charge >= 0.3 is 0 Å². The fraction of sp³-hybridized carbons (Fsp3) is 0.476. The fourth-order valence-electron chi connectivity index (χ4n) is 2.19. The first-order valence-corrected chi connectivity index (χ1v) is 9.01. The number of ether oxygens (including phenoxy) is 1. The van der Waals surface area contributed by atoms with Crippen molar-refractivity contribution < 1.29 is 9.53 Å². The van der Waals surface area contributed by atoms with E-state index in [9.17, 15) is 4.79 Å². The molecular formula is C21H33NO2. The number of methoxy groups -OCH3 is 1. The van der Waals surface area contributed by atoms with E-state index >= 15 is 0 Å². The number of amides is 1. The number of fused-ring (bicyclic) bond motifs is 1. The molecule has 0 heterocycles. The molecule has 0 saturated heterocycles. The highest BCUT2D eigenvalue weighted by atomic mass is 16.5. The van der Waals surface area contributed by atoms with Crippen LogP contribution in [0.4, 0.5) is 0 Å². The normalized spacial score (nSPS) is 10.6. The van der Waals surface area contributed by atoms with Gasteiger partial charge in [0.05, 0.1) is 13.0 Å². The molecular weight excluding hydrogens is 298 g/mol. The van der Waals surface area contributed by atoms with E-state index in [4.69, 9.17) is 4.74 Å². The van der Waals surface area contributed by atoms with Gasteiger partial charge in [0, 0.05) is 6.54 Å². The maximum atomic E-state index is 12.0. The lowest BCUT2D eigenvalue weighted by molar-refractivity contribution is -0.122. The summed E-state index contributed by atoms with van der Waals surface area (Å²) in [6.45, 7) is 12.7. The molecule has 1 N–H and O–H groups in total. The molecule has 0 saturated carbocycles. The average molecular weight is 332 g/mol. The number of nitrogens with one attached hydrogen (secondary N) is 1. The van der Waals surface area contributed by atoms with Gasteiger partial charge in [0.15, 0.2) is 0 Å². The van der Waals surface area contributed by atoms with Gasteiger partial charge in [-0.2, -0.15) is 0 Å². The highest BCUT2D eigenvalue weighted by Gasteiger charge is 2.14. The van der Waals surface area contributed by atoms with Gasteiger partial charge in [-0.1, -0.05) is 58.9 Å². The van der Waals surface area contributed by atoms with Crippen molar-refractivity contribution in [3.05, 3.63) is 42.0 Å². The van der Waals surface area contributed by atoms with Gasteiger partial charge in [-0.25, -0.2) is 0 Å². The number of carbonyl (C=O) groups is 1. The van der Waals surface area contributed by atoms with E-state index in [-0.39, 0.29) is 11.8 Å². The molecule has 1 unspecified atom stereocenters. The second-order valence-corrected chi connectivity index (χ2v) is 4.99. The topological polar surface area (TPSA) is 38.3 Å². The maximum absolute atomic E-state index is 12.0. The van der Waals surface area contributed by atoms with Crippen molar-refractivity contribution in [1.29, 1.82) is 0 Å². The maximum Gasteiger partial charge on any atom is 0.227 e. The molecule has 0 spiro atoms. The smallest absolute Gasteiger partial charge is 0.227 e. The van der Waals surface area contributed by atoms with Crippen LogP contribution in [0.25, 0.3) is 10.8 Å². The summed E-state index contributed by atoms with van der Waals surface area (Å²) in [5, 5.41) is 5.18. The minimum Gasteiger partial charge on any atom is -0.497 e. The highest BCUT2D eigenvalue weighted by molar-refractivity contribution is 5.88. The standard InChI is InChI=1S/C17H21NO2.2C2H6/c1-4-9-18-17(19)12(2)13-5-6-15-11-16(20-3)8-7-14(15)10-13;2*1-2/h5-8,10-12H,4,9H2,1-3H3,(H,18,19);2*1-2H3. The molecule has 0 fully saturated rings. The number of hydrogen-bond donors (Lipinski definition) is 1. The van der Waals surface area contributed by atoms with Gasteiger partial charge in [-0.3, -0.25) is 4.79 Å². The molecule has 24 heavy (non-hydrogen) atoms. The first-order chi connectivity index (χ1) is 11.7. The Labute approximate surface area is 147 Å². The Kier molecular flexibility index (Phi) is 11.4. The first-order valence-electron chi connectivity index (χ1n) is 9.01. The fourth-order valence-corrected chi connectivity index (χ4v) is 2.19. The minimum absolute atomic E-state index is 0.0831. The molecule has 3 heteroatoms. The highest BCUT2D eigenvalue weighted by Crippen LogP contribution is 2.25. The van der Waals surface area contributed by atoms with Crippen LogP contribution in [-0.4, -0.2) is 19.6 Å². The zero-order valence-electron chi connectivity index (χ0n) is 16.3. The third kappa shape index (κ3) is 6.23. The lowest BCUT2D eigenvalue weighted by atomic mass is 9.97. The summed E-state index contributed by atoms with van der Waals surface area (Å²) in [6.07, 6.45) is 0.954. The lowest BCUT2D eigenvalue weighted by Gasteiger charge is -2.13. The minimum atomic E-state index is -0.131. The van der Waals surface area contributed by atoms with Crippen LogP contribution in [0.3, 0.4) is 0 Å². The molecule has 1 amide bonds. The van der Waals surface area contributed by atoms with E-state index in [2.05, 4.69) is 11.4 Å². The van der Waals surface area contributed by atoms with Crippen LogP contribution in [-0.2, 0) is 4.79 Å². The molecule has 0 aliphatic rings. The van der Waals surface area contributed by atoms with Crippen LogP contribution < -0.4 is 10.1 Å². The second-order valence-electron chi connectivity index (χ2n) is 4.99. The van der Waals surface area contributed by atoms with E-state index in [1.807, 2.05) is 71.9 Å². The molecule has 1 atom stereocenters. The monoisotopic (exact) mass is 331 g/mol. The summed E-state index contributed by atoms with van der Waals surface area (Å²) < 4.78 is 5.22. The Morgan fingerprint density at radius 1 is 1.04 bits per heavy atom. The van der Waals surface area contributed by atoms with Crippen LogP contribution in [0.5, 0.6) is 5.75 Å². The summed E-state index contributed by atoms with van der Waals surface area (Å²) in [7, 11) is 1.66. The molecule has 0 radical (unpaired) electrons. The van der Waals surface area contributed by atoms with Gasteiger partial charge in [-0.15, -0.1) is 0 Å². The summed E-state index contributed by atoms with van der Waals surface area (Å²) in [4.78, 5) is 12.0. The number of carbonyl (C=O) groups excluding carboxylic acids is 1. The Bertz CT molecular complexity index is 608. The second kappa shape index (κ2) is 12.4. The van der Waals surface area contributed by atoms with Crippen LogP contribution >= 0.6 is 0 Å². The summed E-state index contributed by atoms with van der Waals surface area (Å²) in [5.41, 5.74) is 1.04. The summed E-state index contributed by atoms with van der Waals surface area (Å²) >= 11 is 0. The van der Waals surface area contributed by atoms with Crippen molar-refractivity contribution in [3.8, 4) is 5.75 Å². The van der Waals surface area contributed by atoms with E-state index in [0.29, 0.717) is 0 Å². The van der Waals surface area contributed by atoms with Crippen molar-refractivity contribution in [3.63, 3.8) is 0 Å². The van der Waals surface area contributed by atoms with E-state index in [0.717, 1.165) is 35.1 Å². The third-order valence-corrected chi connectivity index (χ3v) is 3.51. The van der Waals surface area contributed by atoms with E-state index in [1.54, 1.807) is 7.11 Å². The SMILES string of the molecule is CC.CC.CCCNC(=O)C(C)c1ccc2cc(OC)ccc2c1. The molecule has 0 aliphatic carbocycles. The molecule has 0 aliphatic heterocycles. The lowest BCUT2D eigenvalue weighted by Crippen LogP contribution is -2.28. The van der Waals surface area contributed by atoms with Crippen molar-refractivity contribution >= 4 is 16.7 Å². The molecule has 0 bridgehead atoms. The number of hydrogen-bond acceptors (Lipinski definition) is 2. The predicted molar refractivity (Wildman–Crippen MR) is 105 cm³/mol. The van der Waals surface area contributed by atoms with E-state index < -0.39 is 0 Å². The number of rotatable bonds is 5. The third-order valence-electron chi connectivity index (χ3n) is 3.51. The quantitative estimate of drug-likeness (QED) is 0.782. The van der Waals surface area contributed by atoms with Crippen LogP contribution in [0.2, 0.25) is 0 Å². The first kappa shape index (κ1) is 22.0. The average Bonchev–Trinajstić information content (AvgIpc) is 2.67. The molecule has 3 nitrogen and oxygen atoms in total. The Balaban J connectivity index is 0.00000123. The van der Waals surface area contributed by atoms with Gasteiger partial charge in [0.1, 0.15) is 5.75 Å². The van der Waals surface area contributed by atoms with Gasteiger partial charge in [-0.05, 0) is 41.8 Å². The molecule has 0 aromatic heterocycles. The zero-order chi connectivity index (χ0) is 18.5. The molecule has 2 rings (SSSR count). The van der Waals surface area contributed by atoms with Crippen LogP contribution in [0.15, 0.2) is 36.4 Å². The largest absolute Gasteiger partial charge is 0.497 e. The Morgan fingerprint density at radius 3 is 2.21 bits per heavy atom. The van der Waals surface area contributed by atoms with Crippen molar-refractivity contribution in [2.75, 3.05) is 13.7 Å². The Morgan fingerprint density at radius 2 is 1.62 bits per heavy atom. The Hall–Kier alpha value is -2.03. The number of benzene rings is 2. The van der Waals surface area contributed by atoms with Crippen LogP contribution in [0, 0.1) is 0 Å². The van der Waals surface area contributed by atoms with Crippen molar-refractivity contribution in [2.45, 2.75) is 53.9 Å². The van der Waals surface area contributed by atoms with Crippen LogP contribution in [0.1, 0.15) is 59.4 Å². The van der Waals surface area contributed by atoms with Crippen molar-refractivity contribution in [1.82, 2.24) is 5.32 Å². The van der Waals surface area contributed by atoms with Crippen molar-refractivity contribution in [2.24, 2.45) is 0 Å².